The number of urea groups is 1. The third-order valence-electron chi connectivity index (χ3n) is 6.96. The van der Waals surface area contributed by atoms with Gasteiger partial charge in [0.2, 0.25) is 0 Å². The fraction of sp³-hybridized carbons (Fsp3) is 0.233. The van der Waals surface area contributed by atoms with Crippen molar-refractivity contribution < 1.29 is 23.8 Å². The Morgan fingerprint density at radius 3 is 2.50 bits per heavy atom. The number of benzene rings is 3. The standard InChI is InChI=1S/C30H28ClFN4O4/c1-17-8-13-22(23(32)16-17)25-27(31)35-28(33-25)26(18(2)19-6-4-3-5-7-19)36-29(38)24(34-30(36)39)20-9-11-21(12-10-20)40-15-14-37/h3-13,16,18,24,26,37H,14-15H2,1-2H3,(H,33,35)(H,34,39)/t18?,24-,26?/m1/s1. The zero-order valence-corrected chi connectivity index (χ0v) is 22.7. The molecule has 0 radical (unpaired) electrons. The van der Waals surface area contributed by atoms with E-state index in [0.29, 0.717) is 11.3 Å². The molecule has 3 aromatic carbocycles. The summed E-state index contributed by atoms with van der Waals surface area (Å²) in [5, 5.41) is 11.9. The summed E-state index contributed by atoms with van der Waals surface area (Å²) in [4.78, 5) is 36.0. The molecule has 1 saturated heterocycles. The first-order valence-corrected chi connectivity index (χ1v) is 13.2. The van der Waals surface area contributed by atoms with Gasteiger partial charge in [0.1, 0.15) is 46.9 Å². The van der Waals surface area contributed by atoms with Crippen LogP contribution in [0.3, 0.4) is 0 Å². The topological polar surface area (TPSA) is 108 Å². The second-order valence-electron chi connectivity index (χ2n) is 9.64. The minimum Gasteiger partial charge on any atom is -0.491 e. The van der Waals surface area contributed by atoms with Gasteiger partial charge in [-0.3, -0.25) is 9.69 Å². The Labute approximate surface area is 235 Å². The molecular formula is C30H28ClFN4O4. The van der Waals surface area contributed by atoms with Gasteiger partial charge < -0.3 is 20.1 Å². The second-order valence-corrected chi connectivity index (χ2v) is 10.0. The maximum absolute atomic E-state index is 14.8. The lowest BCUT2D eigenvalue weighted by Crippen LogP contribution is -2.38. The second kappa shape index (κ2) is 11.5. The van der Waals surface area contributed by atoms with Gasteiger partial charge in [0.25, 0.3) is 5.91 Å². The van der Waals surface area contributed by atoms with Gasteiger partial charge in [-0.25, -0.2) is 14.2 Å². The first-order valence-electron chi connectivity index (χ1n) is 12.8. The van der Waals surface area contributed by atoms with Crippen molar-refractivity contribution >= 4 is 23.5 Å². The number of imide groups is 1. The zero-order chi connectivity index (χ0) is 28.4. The largest absolute Gasteiger partial charge is 0.491 e. The maximum atomic E-state index is 14.8. The van der Waals surface area contributed by atoms with Crippen LogP contribution in [0, 0.1) is 12.7 Å². The highest BCUT2D eigenvalue weighted by atomic mass is 35.5. The Morgan fingerprint density at radius 2 is 1.82 bits per heavy atom. The number of ether oxygens (including phenoxy) is 1. The van der Waals surface area contributed by atoms with Crippen molar-refractivity contribution in [1.29, 1.82) is 0 Å². The van der Waals surface area contributed by atoms with Crippen LogP contribution in [0.15, 0.2) is 72.8 Å². The van der Waals surface area contributed by atoms with E-state index >= 15 is 0 Å². The zero-order valence-electron chi connectivity index (χ0n) is 21.9. The van der Waals surface area contributed by atoms with E-state index in [-0.39, 0.29) is 41.4 Å². The fourth-order valence-electron chi connectivity index (χ4n) is 4.92. The highest BCUT2D eigenvalue weighted by Crippen LogP contribution is 2.41. The summed E-state index contributed by atoms with van der Waals surface area (Å²) in [6, 6.07) is 18.5. The fourth-order valence-corrected chi connectivity index (χ4v) is 5.17. The third kappa shape index (κ3) is 5.30. The van der Waals surface area contributed by atoms with Crippen LogP contribution >= 0.6 is 11.6 Å². The van der Waals surface area contributed by atoms with E-state index in [1.54, 1.807) is 43.3 Å². The lowest BCUT2D eigenvalue weighted by atomic mass is 9.91. The first kappa shape index (κ1) is 27.4. The van der Waals surface area contributed by atoms with Crippen molar-refractivity contribution in [3.8, 4) is 17.0 Å². The number of aliphatic hydroxyl groups excluding tert-OH is 1. The van der Waals surface area contributed by atoms with E-state index in [2.05, 4.69) is 15.3 Å². The highest BCUT2D eigenvalue weighted by Gasteiger charge is 2.46. The molecule has 206 valence electrons. The van der Waals surface area contributed by atoms with Gasteiger partial charge in [0.15, 0.2) is 0 Å². The monoisotopic (exact) mass is 562 g/mol. The molecule has 40 heavy (non-hydrogen) atoms. The number of imidazole rings is 1. The minimum absolute atomic E-state index is 0.102. The predicted octanol–water partition coefficient (Wildman–Crippen LogP) is 5.69. The van der Waals surface area contributed by atoms with Crippen LogP contribution in [0.5, 0.6) is 5.75 Å². The summed E-state index contributed by atoms with van der Waals surface area (Å²) in [5.74, 6) is -0.537. The number of aliphatic hydroxyl groups is 1. The Morgan fingerprint density at radius 1 is 1.10 bits per heavy atom. The van der Waals surface area contributed by atoms with E-state index in [1.807, 2.05) is 37.3 Å². The number of amides is 3. The number of rotatable bonds is 9. The van der Waals surface area contributed by atoms with Gasteiger partial charge in [-0.15, -0.1) is 0 Å². The molecule has 1 aliphatic heterocycles. The number of carbonyl (C=O) groups is 2. The Balaban J connectivity index is 1.53. The number of H-pyrrole nitrogens is 1. The number of hydrogen-bond donors (Lipinski definition) is 3. The molecule has 1 aliphatic rings. The van der Waals surface area contributed by atoms with E-state index in [1.165, 1.54) is 6.07 Å². The average molecular weight is 563 g/mol. The van der Waals surface area contributed by atoms with Crippen LogP contribution in [0.1, 0.15) is 47.4 Å². The Hall–Kier alpha value is -4.21. The van der Waals surface area contributed by atoms with E-state index in [4.69, 9.17) is 21.4 Å². The number of hydrogen-bond acceptors (Lipinski definition) is 5. The van der Waals surface area contributed by atoms with Crippen molar-refractivity contribution in [1.82, 2.24) is 20.2 Å². The van der Waals surface area contributed by atoms with Crippen LogP contribution in [-0.2, 0) is 4.79 Å². The lowest BCUT2D eigenvalue weighted by molar-refractivity contribution is -0.129. The molecule has 8 nitrogen and oxygen atoms in total. The van der Waals surface area contributed by atoms with Crippen molar-refractivity contribution in [2.24, 2.45) is 0 Å². The number of aromatic nitrogens is 2. The number of carbonyl (C=O) groups excluding carboxylic acids is 2. The molecular weight excluding hydrogens is 535 g/mol. The lowest BCUT2D eigenvalue weighted by Gasteiger charge is -2.29. The molecule has 3 amide bonds. The number of nitrogens with zero attached hydrogens (tertiary/aromatic N) is 2. The number of halogens is 2. The summed E-state index contributed by atoms with van der Waals surface area (Å²) >= 11 is 6.52. The molecule has 3 N–H and O–H groups in total. The predicted molar refractivity (Wildman–Crippen MR) is 148 cm³/mol. The summed E-state index contributed by atoms with van der Waals surface area (Å²) in [7, 11) is 0. The minimum atomic E-state index is -0.927. The third-order valence-corrected chi connectivity index (χ3v) is 7.23. The van der Waals surface area contributed by atoms with Gasteiger partial charge >= 0.3 is 6.03 Å². The van der Waals surface area contributed by atoms with Crippen molar-refractivity contribution in [3.63, 3.8) is 0 Å². The Bertz CT molecular complexity index is 1530. The Kier molecular flexibility index (Phi) is 7.86. The van der Waals surface area contributed by atoms with Gasteiger partial charge in [0, 0.05) is 11.5 Å². The molecule has 0 saturated carbocycles. The van der Waals surface area contributed by atoms with Gasteiger partial charge in [0.05, 0.1) is 6.61 Å². The molecule has 1 fully saturated rings. The summed E-state index contributed by atoms with van der Waals surface area (Å²) in [6.45, 7) is 3.70. The molecule has 1 aromatic heterocycles. The van der Waals surface area contributed by atoms with E-state index in [9.17, 15) is 14.0 Å². The number of nitrogens with one attached hydrogen (secondary N) is 2. The molecule has 10 heteroatoms. The van der Waals surface area contributed by atoms with Crippen LogP contribution in [0.2, 0.25) is 5.15 Å². The molecule has 2 heterocycles. The molecule has 5 rings (SSSR count). The summed E-state index contributed by atoms with van der Waals surface area (Å²) < 4.78 is 20.2. The molecule has 4 aromatic rings. The first-order chi connectivity index (χ1) is 19.3. The van der Waals surface area contributed by atoms with E-state index < -0.39 is 29.8 Å². The van der Waals surface area contributed by atoms with Crippen molar-refractivity contribution in [2.45, 2.75) is 31.8 Å². The summed E-state index contributed by atoms with van der Waals surface area (Å²) in [5.41, 5.74) is 2.60. The highest BCUT2D eigenvalue weighted by molar-refractivity contribution is 6.32. The number of aromatic amines is 1. The normalized spacial score (nSPS) is 16.6. The quantitative estimate of drug-likeness (QED) is 0.227. The molecule has 2 unspecified atom stereocenters. The number of aryl methyl sites for hydroxylation is 1. The maximum Gasteiger partial charge on any atom is 0.325 e. The average Bonchev–Trinajstić information content (AvgIpc) is 3.47. The molecule has 3 atom stereocenters. The SMILES string of the molecule is Cc1ccc(-c2nc(C(C(C)c3ccccc3)N3C(=O)N[C@H](c4ccc(OCCO)cc4)C3=O)[nH]c2Cl)c(F)c1. The molecule has 0 aliphatic carbocycles. The smallest absolute Gasteiger partial charge is 0.325 e. The van der Waals surface area contributed by atoms with Gasteiger partial charge in [-0.2, -0.15) is 0 Å². The molecule has 0 spiro atoms. The van der Waals surface area contributed by atoms with E-state index in [0.717, 1.165) is 16.0 Å². The van der Waals surface area contributed by atoms with Crippen LogP contribution in [-0.4, -0.2) is 45.1 Å². The van der Waals surface area contributed by atoms with Crippen molar-refractivity contribution in [2.75, 3.05) is 13.2 Å². The summed E-state index contributed by atoms with van der Waals surface area (Å²) in [6.07, 6.45) is 0. The van der Waals surface area contributed by atoms with Gasteiger partial charge in [-0.05, 0) is 47.9 Å². The molecule has 0 bridgehead atoms. The van der Waals surface area contributed by atoms with Crippen LogP contribution in [0.25, 0.3) is 11.3 Å². The van der Waals surface area contributed by atoms with Crippen molar-refractivity contribution in [3.05, 3.63) is 106 Å². The van der Waals surface area contributed by atoms with Crippen LogP contribution in [0.4, 0.5) is 9.18 Å². The van der Waals surface area contributed by atoms with Crippen LogP contribution < -0.4 is 10.1 Å². The van der Waals surface area contributed by atoms with Gasteiger partial charge in [-0.1, -0.05) is 67.1 Å².